The van der Waals surface area contributed by atoms with E-state index in [0.29, 0.717) is 39.9 Å². The van der Waals surface area contributed by atoms with Gasteiger partial charge in [-0.25, -0.2) is 0 Å². The molecule has 0 radical (unpaired) electrons. The average Bonchev–Trinajstić information content (AvgIpc) is 3.03. The molecule has 0 fully saturated rings. The molecule has 0 aliphatic carbocycles. The molecule has 0 heterocycles. The van der Waals surface area contributed by atoms with Crippen molar-refractivity contribution in [1.29, 1.82) is 0 Å². The van der Waals surface area contributed by atoms with E-state index in [1.807, 2.05) is 91.0 Å². The fourth-order valence-corrected chi connectivity index (χ4v) is 4.06. The summed E-state index contributed by atoms with van der Waals surface area (Å²) in [4.78, 5) is 12.2. The first-order chi connectivity index (χ1) is 20.5. The highest BCUT2D eigenvalue weighted by molar-refractivity contribution is 6.06. The maximum atomic E-state index is 12.2. The molecule has 0 spiro atoms. The predicted molar refractivity (Wildman–Crippen MR) is 166 cm³/mol. The first-order valence-corrected chi connectivity index (χ1v) is 13.3. The van der Waals surface area contributed by atoms with Crippen molar-refractivity contribution in [3.8, 4) is 34.1 Å². The van der Waals surface area contributed by atoms with Gasteiger partial charge in [-0.3, -0.25) is 4.79 Å². The summed E-state index contributed by atoms with van der Waals surface area (Å²) in [5.74, 6) is 2.52. The van der Waals surface area contributed by atoms with Crippen LogP contribution in [0.4, 0.5) is 11.4 Å². The van der Waals surface area contributed by atoms with E-state index < -0.39 is 0 Å². The second kappa shape index (κ2) is 13.6. The Labute approximate surface area is 244 Å². The van der Waals surface area contributed by atoms with Crippen molar-refractivity contribution >= 4 is 23.2 Å². The molecule has 5 aromatic carbocycles. The first kappa shape index (κ1) is 27.9. The van der Waals surface area contributed by atoms with Crippen LogP contribution in [0.5, 0.6) is 23.0 Å². The summed E-state index contributed by atoms with van der Waals surface area (Å²) < 4.78 is 22.7. The third-order valence-corrected chi connectivity index (χ3v) is 6.33. The van der Waals surface area contributed by atoms with E-state index in [-0.39, 0.29) is 19.4 Å². The third-order valence-electron chi connectivity index (χ3n) is 6.33. The van der Waals surface area contributed by atoms with E-state index in [4.69, 9.17) is 30.4 Å². The minimum absolute atomic E-state index is 0.0263. The number of allylic oxidation sites excluding steroid dienone is 1. The minimum atomic E-state index is -0.0378. The lowest BCUT2D eigenvalue weighted by atomic mass is 10.1. The zero-order valence-corrected chi connectivity index (χ0v) is 22.8. The van der Waals surface area contributed by atoms with E-state index in [0.717, 1.165) is 16.7 Å². The van der Waals surface area contributed by atoms with Crippen LogP contribution in [-0.2, 0) is 0 Å². The van der Waals surface area contributed by atoms with Crippen LogP contribution in [0.15, 0.2) is 127 Å². The Morgan fingerprint density at radius 3 is 1.67 bits per heavy atom. The number of hydrogen-bond donors (Lipinski definition) is 2. The van der Waals surface area contributed by atoms with Crippen molar-refractivity contribution in [3.05, 3.63) is 139 Å². The Morgan fingerprint density at radius 2 is 1.12 bits per heavy atom. The number of ketones is 1. The zero-order chi connectivity index (χ0) is 29.1. The van der Waals surface area contributed by atoms with Gasteiger partial charge in [-0.15, -0.1) is 0 Å². The van der Waals surface area contributed by atoms with Crippen LogP contribution in [0.2, 0.25) is 0 Å². The summed E-state index contributed by atoms with van der Waals surface area (Å²) in [5, 5.41) is 0. The van der Waals surface area contributed by atoms with Crippen LogP contribution in [0.3, 0.4) is 0 Å². The Hall–Kier alpha value is -5.69. The van der Waals surface area contributed by atoms with E-state index in [2.05, 4.69) is 0 Å². The van der Waals surface area contributed by atoms with Gasteiger partial charge in [0.25, 0.3) is 0 Å². The molecule has 42 heavy (non-hydrogen) atoms. The van der Waals surface area contributed by atoms with Crippen molar-refractivity contribution in [1.82, 2.24) is 0 Å². The smallest absolute Gasteiger partial charge is 0.230 e. The van der Waals surface area contributed by atoms with Gasteiger partial charge in [-0.05, 0) is 77.4 Å². The maximum absolute atomic E-state index is 12.2. The van der Waals surface area contributed by atoms with Crippen molar-refractivity contribution in [2.45, 2.75) is 0 Å². The molecule has 0 bridgehead atoms. The minimum Gasteiger partial charge on any atom is -0.458 e. The highest BCUT2D eigenvalue weighted by atomic mass is 16.7. The number of nitrogens with two attached hydrogens (primary N) is 2. The molecule has 0 amide bonds. The van der Waals surface area contributed by atoms with E-state index in [1.165, 1.54) is 0 Å². The second-order valence-corrected chi connectivity index (χ2v) is 9.29. The molecular formula is C35H30N2O5. The summed E-state index contributed by atoms with van der Waals surface area (Å²) >= 11 is 0. The van der Waals surface area contributed by atoms with Gasteiger partial charge in [0.05, 0.1) is 5.69 Å². The summed E-state index contributed by atoms with van der Waals surface area (Å²) in [7, 11) is 0. The molecule has 5 aromatic rings. The summed E-state index contributed by atoms with van der Waals surface area (Å²) in [6.07, 6.45) is 3.35. The normalized spacial score (nSPS) is 10.8. The summed E-state index contributed by atoms with van der Waals surface area (Å²) in [6, 6.07) is 37.2. The van der Waals surface area contributed by atoms with Crippen LogP contribution < -0.4 is 30.4 Å². The van der Waals surface area contributed by atoms with Gasteiger partial charge in [-0.2, -0.15) is 0 Å². The SMILES string of the molecule is Nc1ccc(OCOc2ccc(-c3ccc(OCOc4ccc(/C=C/C(=O)c5ccccc5)cc4)cc3)cc2)c(N)c1. The van der Waals surface area contributed by atoms with Crippen LogP contribution in [0.25, 0.3) is 17.2 Å². The van der Waals surface area contributed by atoms with Gasteiger partial charge in [0.2, 0.25) is 13.6 Å². The summed E-state index contributed by atoms with van der Waals surface area (Å²) in [5.41, 5.74) is 16.3. The van der Waals surface area contributed by atoms with Crippen LogP contribution in [0.1, 0.15) is 15.9 Å². The van der Waals surface area contributed by atoms with Crippen LogP contribution in [-0.4, -0.2) is 19.4 Å². The van der Waals surface area contributed by atoms with Gasteiger partial charge >= 0.3 is 0 Å². The zero-order valence-electron chi connectivity index (χ0n) is 22.8. The molecule has 7 nitrogen and oxygen atoms in total. The lowest BCUT2D eigenvalue weighted by Crippen LogP contribution is -2.07. The molecule has 0 saturated heterocycles. The van der Waals surface area contributed by atoms with Gasteiger partial charge in [0.1, 0.15) is 23.0 Å². The molecule has 0 aliphatic rings. The van der Waals surface area contributed by atoms with Gasteiger partial charge in [-0.1, -0.05) is 72.8 Å². The number of nitrogen functional groups attached to an aromatic ring is 2. The number of anilines is 2. The van der Waals surface area contributed by atoms with E-state index >= 15 is 0 Å². The lowest BCUT2D eigenvalue weighted by Gasteiger charge is -2.11. The van der Waals surface area contributed by atoms with Crippen LogP contribution >= 0.6 is 0 Å². The fourth-order valence-electron chi connectivity index (χ4n) is 4.06. The first-order valence-electron chi connectivity index (χ1n) is 13.3. The molecule has 5 rings (SSSR count). The molecule has 210 valence electrons. The predicted octanol–water partition coefficient (Wildman–Crippen LogP) is 7.24. The second-order valence-electron chi connectivity index (χ2n) is 9.29. The van der Waals surface area contributed by atoms with Crippen molar-refractivity contribution < 1.29 is 23.7 Å². The molecule has 0 unspecified atom stereocenters. The molecule has 0 aliphatic heterocycles. The number of carbonyl (C=O) groups is 1. The standard InChI is InChI=1S/C35H30N2O5/c36-29-13-21-35(33(37)22-29)42-24-41-32-18-11-27(12-19-32)26-9-16-31(17-10-26)40-23-39-30-14-6-25(7-15-30)8-20-34(38)28-4-2-1-3-5-28/h1-22H,23-24,36-37H2/b20-8+. The van der Waals surface area contributed by atoms with Crippen molar-refractivity contribution in [2.75, 3.05) is 25.1 Å². The lowest BCUT2D eigenvalue weighted by molar-refractivity contribution is 0.104. The number of carbonyl (C=O) groups excluding carboxylic acids is 1. The highest BCUT2D eigenvalue weighted by Crippen LogP contribution is 2.26. The Morgan fingerprint density at radius 1 is 0.595 bits per heavy atom. The molecule has 0 aromatic heterocycles. The molecule has 0 atom stereocenters. The Balaban J connectivity index is 1.05. The monoisotopic (exact) mass is 558 g/mol. The van der Waals surface area contributed by atoms with Gasteiger partial charge in [0, 0.05) is 11.3 Å². The number of hydrogen-bond acceptors (Lipinski definition) is 7. The maximum Gasteiger partial charge on any atom is 0.230 e. The van der Waals surface area contributed by atoms with Gasteiger partial charge in [0.15, 0.2) is 5.78 Å². The molecule has 7 heteroatoms. The topological polar surface area (TPSA) is 106 Å². The number of rotatable bonds is 12. The molecule has 4 N–H and O–H groups in total. The van der Waals surface area contributed by atoms with E-state index in [9.17, 15) is 4.79 Å². The number of ether oxygens (including phenoxy) is 4. The van der Waals surface area contributed by atoms with Crippen molar-refractivity contribution in [2.24, 2.45) is 0 Å². The molecular weight excluding hydrogens is 528 g/mol. The van der Waals surface area contributed by atoms with Crippen molar-refractivity contribution in [3.63, 3.8) is 0 Å². The highest BCUT2D eigenvalue weighted by Gasteiger charge is 2.04. The number of benzene rings is 5. The molecule has 0 saturated carbocycles. The van der Waals surface area contributed by atoms with E-state index in [1.54, 1.807) is 42.5 Å². The quantitative estimate of drug-likeness (QED) is 0.0719. The third kappa shape index (κ3) is 7.70. The fraction of sp³-hybridized carbons (Fsp3) is 0.0571. The Kier molecular flexibility index (Phi) is 9.01. The van der Waals surface area contributed by atoms with Crippen LogP contribution in [0, 0.1) is 0 Å². The largest absolute Gasteiger partial charge is 0.458 e. The van der Waals surface area contributed by atoms with Gasteiger partial charge < -0.3 is 30.4 Å². The Bertz CT molecular complexity index is 1630. The average molecular weight is 559 g/mol. The summed E-state index contributed by atoms with van der Waals surface area (Å²) in [6.45, 7) is 0.0929.